The van der Waals surface area contributed by atoms with E-state index in [4.69, 9.17) is 9.47 Å². The maximum atomic E-state index is 12.2. The van der Waals surface area contributed by atoms with Crippen LogP contribution in [0.4, 0.5) is 0 Å². The van der Waals surface area contributed by atoms with Gasteiger partial charge in [-0.2, -0.15) is 0 Å². The van der Waals surface area contributed by atoms with Crippen LogP contribution in [0.1, 0.15) is 129 Å². The first-order chi connectivity index (χ1) is 18.1. The zero-order valence-electron chi connectivity index (χ0n) is 26.5. The quantitative estimate of drug-likeness (QED) is 0.0621. The molecule has 0 aliphatic rings. The lowest BCUT2D eigenvalue weighted by Crippen LogP contribution is -2.45. The van der Waals surface area contributed by atoms with Gasteiger partial charge in [-0.05, 0) is 38.5 Å². The number of carbonyl (C=O) groups is 2. The molecule has 0 saturated heterocycles. The van der Waals surface area contributed by atoms with Crippen LogP contribution in [0.25, 0.3) is 0 Å². The number of ether oxygens (including phenoxy) is 2. The minimum atomic E-state index is -0.0705. The third-order valence-corrected chi connectivity index (χ3v) is 7.41. The molecular weight excluding hydrogens is 476 g/mol. The fourth-order valence-electron chi connectivity index (χ4n) is 4.87. The molecule has 0 heterocycles. The van der Waals surface area contributed by atoms with Gasteiger partial charge in [0, 0.05) is 0 Å². The highest BCUT2D eigenvalue weighted by atomic mass is 16.5. The van der Waals surface area contributed by atoms with Crippen molar-refractivity contribution in [3.8, 4) is 0 Å². The first-order valence-electron chi connectivity index (χ1n) is 16.1. The summed E-state index contributed by atoms with van der Waals surface area (Å²) in [7, 11) is 8.47. The average molecular weight is 543 g/mol. The molecule has 0 saturated carbocycles. The van der Waals surface area contributed by atoms with E-state index in [0.717, 1.165) is 64.5 Å². The topological polar surface area (TPSA) is 52.6 Å². The Morgan fingerprint density at radius 1 is 0.447 bits per heavy atom. The lowest BCUT2D eigenvalue weighted by atomic mass is 10.1. The zero-order valence-corrected chi connectivity index (χ0v) is 26.5. The van der Waals surface area contributed by atoms with Crippen molar-refractivity contribution in [2.45, 2.75) is 129 Å². The second kappa shape index (κ2) is 23.7. The van der Waals surface area contributed by atoms with Crippen molar-refractivity contribution in [3.63, 3.8) is 0 Å². The first kappa shape index (κ1) is 36.9. The van der Waals surface area contributed by atoms with Crippen molar-refractivity contribution in [1.82, 2.24) is 0 Å². The van der Waals surface area contributed by atoms with Gasteiger partial charge in [0.15, 0.2) is 13.1 Å². The number of quaternary nitrogens is 2. The van der Waals surface area contributed by atoms with Gasteiger partial charge in [-0.1, -0.05) is 90.9 Å². The SMILES string of the molecule is CCCCCCCCCOC(=O)C[N+](C)(C)CCCCCC[N+](C)(C)CC(=O)OCCCCCCCCC. The molecule has 0 radical (unpaired) electrons. The highest BCUT2D eigenvalue weighted by Gasteiger charge is 2.22. The molecule has 0 aromatic heterocycles. The molecule has 0 aromatic carbocycles. The molecule has 0 aromatic rings. The second-order valence-electron chi connectivity index (χ2n) is 12.7. The fraction of sp³-hybridized carbons (Fsp3) is 0.938. The predicted molar refractivity (Wildman–Crippen MR) is 160 cm³/mol. The van der Waals surface area contributed by atoms with Crippen molar-refractivity contribution in [2.24, 2.45) is 0 Å². The molecule has 6 nitrogen and oxygen atoms in total. The molecule has 0 rings (SSSR count). The van der Waals surface area contributed by atoms with Crippen LogP contribution in [-0.4, -0.2) is 88.5 Å². The number of unbranched alkanes of at least 4 members (excludes halogenated alkanes) is 15. The molecule has 226 valence electrons. The summed E-state index contributed by atoms with van der Waals surface area (Å²) in [6, 6.07) is 0. The van der Waals surface area contributed by atoms with E-state index in [1.165, 1.54) is 64.2 Å². The Bertz CT molecular complexity index is 528. The Hall–Kier alpha value is -1.14. The Balaban J connectivity index is 3.79. The number of hydrogen-bond donors (Lipinski definition) is 0. The number of rotatable bonds is 27. The molecule has 0 N–H and O–H groups in total. The van der Waals surface area contributed by atoms with E-state index in [0.29, 0.717) is 35.3 Å². The highest BCUT2D eigenvalue weighted by molar-refractivity contribution is 5.70. The van der Waals surface area contributed by atoms with E-state index < -0.39 is 0 Å². The summed E-state index contributed by atoms with van der Waals surface area (Å²) in [4.78, 5) is 24.5. The largest absolute Gasteiger partial charge is 0.462 e. The Morgan fingerprint density at radius 3 is 1.08 bits per heavy atom. The van der Waals surface area contributed by atoms with Gasteiger partial charge in [0.2, 0.25) is 0 Å². The minimum Gasteiger partial charge on any atom is -0.462 e. The van der Waals surface area contributed by atoms with E-state index in [-0.39, 0.29) is 11.9 Å². The summed E-state index contributed by atoms with van der Waals surface area (Å²) in [6.07, 6.45) is 21.8. The lowest BCUT2D eigenvalue weighted by Gasteiger charge is -2.29. The highest BCUT2D eigenvalue weighted by Crippen LogP contribution is 2.11. The molecule has 0 unspecified atom stereocenters. The molecule has 0 amide bonds. The summed E-state index contributed by atoms with van der Waals surface area (Å²) in [5, 5.41) is 0. The summed E-state index contributed by atoms with van der Waals surface area (Å²) >= 11 is 0. The van der Waals surface area contributed by atoms with Crippen LogP contribution >= 0.6 is 0 Å². The molecule has 0 atom stereocenters. The molecular formula is C32H66N2O4+2. The van der Waals surface area contributed by atoms with E-state index in [2.05, 4.69) is 42.0 Å². The molecule has 38 heavy (non-hydrogen) atoms. The number of nitrogens with zero attached hydrogens (tertiary/aromatic N) is 2. The van der Waals surface area contributed by atoms with Crippen LogP contribution in [0.3, 0.4) is 0 Å². The number of likely N-dealkylation sites (N-methyl/N-ethyl adjacent to an activating group) is 2. The zero-order chi connectivity index (χ0) is 28.5. The summed E-state index contributed by atoms with van der Waals surface area (Å²) in [5.41, 5.74) is 0. The van der Waals surface area contributed by atoms with Crippen molar-refractivity contribution in [2.75, 3.05) is 67.6 Å². The Labute approximate surface area is 237 Å². The van der Waals surface area contributed by atoms with Gasteiger partial charge < -0.3 is 18.4 Å². The van der Waals surface area contributed by atoms with Gasteiger partial charge in [-0.25, -0.2) is 9.59 Å². The normalized spacial score (nSPS) is 12.1. The predicted octanol–water partition coefficient (Wildman–Crippen LogP) is 7.29. The third-order valence-electron chi connectivity index (χ3n) is 7.41. The van der Waals surface area contributed by atoms with Gasteiger partial charge in [-0.3, -0.25) is 0 Å². The maximum Gasteiger partial charge on any atom is 0.361 e. The van der Waals surface area contributed by atoms with Gasteiger partial charge >= 0.3 is 11.9 Å². The van der Waals surface area contributed by atoms with E-state index in [1.807, 2.05) is 0 Å². The maximum absolute atomic E-state index is 12.2. The van der Waals surface area contributed by atoms with E-state index >= 15 is 0 Å². The Morgan fingerprint density at radius 2 is 0.737 bits per heavy atom. The van der Waals surface area contributed by atoms with Gasteiger partial charge in [0.05, 0.1) is 54.5 Å². The fourth-order valence-corrected chi connectivity index (χ4v) is 4.87. The molecule has 0 aliphatic carbocycles. The monoisotopic (exact) mass is 543 g/mol. The molecule has 0 bridgehead atoms. The van der Waals surface area contributed by atoms with Crippen LogP contribution < -0.4 is 0 Å². The van der Waals surface area contributed by atoms with Crippen molar-refractivity contribution < 1.29 is 28.0 Å². The van der Waals surface area contributed by atoms with Gasteiger partial charge in [0.1, 0.15) is 0 Å². The summed E-state index contributed by atoms with van der Waals surface area (Å²) in [5.74, 6) is -0.141. The van der Waals surface area contributed by atoms with Crippen molar-refractivity contribution >= 4 is 11.9 Å². The first-order valence-corrected chi connectivity index (χ1v) is 16.1. The average Bonchev–Trinajstić information content (AvgIpc) is 2.84. The number of carbonyl (C=O) groups excluding carboxylic acids is 2. The summed E-state index contributed by atoms with van der Waals surface area (Å²) in [6.45, 7) is 8.45. The van der Waals surface area contributed by atoms with Crippen LogP contribution in [0, 0.1) is 0 Å². The van der Waals surface area contributed by atoms with Crippen LogP contribution in [-0.2, 0) is 19.1 Å². The molecule has 0 aliphatic heterocycles. The van der Waals surface area contributed by atoms with Crippen molar-refractivity contribution in [1.29, 1.82) is 0 Å². The van der Waals surface area contributed by atoms with Crippen LogP contribution in [0.2, 0.25) is 0 Å². The molecule has 6 heteroatoms. The summed E-state index contributed by atoms with van der Waals surface area (Å²) < 4.78 is 12.3. The second-order valence-corrected chi connectivity index (χ2v) is 12.7. The van der Waals surface area contributed by atoms with Gasteiger partial charge in [-0.15, -0.1) is 0 Å². The molecule has 0 fully saturated rings. The van der Waals surface area contributed by atoms with Gasteiger partial charge in [0.25, 0.3) is 0 Å². The van der Waals surface area contributed by atoms with Crippen LogP contribution in [0.5, 0.6) is 0 Å². The Kier molecular flexibility index (Phi) is 23.0. The van der Waals surface area contributed by atoms with E-state index in [9.17, 15) is 9.59 Å². The standard InChI is InChI=1S/C32H66N2O4/c1-7-9-11-13-15-19-23-27-37-31(35)29-33(3,4)25-21-17-18-22-26-34(5,6)30-32(36)38-28-24-20-16-14-12-10-8-2/h7-30H2,1-6H3/q+2. The third kappa shape index (κ3) is 25.2. The van der Waals surface area contributed by atoms with Crippen molar-refractivity contribution in [3.05, 3.63) is 0 Å². The minimum absolute atomic E-state index is 0.0705. The number of hydrogen-bond acceptors (Lipinski definition) is 4. The lowest BCUT2D eigenvalue weighted by molar-refractivity contribution is -0.884. The smallest absolute Gasteiger partial charge is 0.361 e. The van der Waals surface area contributed by atoms with Crippen LogP contribution in [0.15, 0.2) is 0 Å². The number of esters is 2. The van der Waals surface area contributed by atoms with E-state index in [1.54, 1.807) is 0 Å². The molecule has 0 spiro atoms.